The lowest BCUT2D eigenvalue weighted by atomic mass is 10.2. The molecule has 7 heteroatoms. The number of carbonyl (C=O) groups is 1. The normalized spacial score (nSPS) is 16.4. The van der Waals surface area contributed by atoms with Crippen molar-refractivity contribution in [2.45, 2.75) is 32.6 Å². The standard InChI is InChI=1S/C17H25N3O3S/c1-15-5-7-16(8-6-15)10-14-24(22,23)18-11-9-17(21)19-20-12-3-2-4-13-20/h5-8,10,14,18H,2-4,9,11-13H2,1H3,(H,19,21)/b14-10+. The lowest BCUT2D eigenvalue weighted by Gasteiger charge is -2.26. The molecule has 0 atom stereocenters. The number of hydrazine groups is 1. The Kier molecular flexibility index (Phi) is 6.96. The van der Waals surface area contributed by atoms with Gasteiger partial charge in [0.2, 0.25) is 15.9 Å². The van der Waals surface area contributed by atoms with E-state index in [0.29, 0.717) is 0 Å². The molecule has 24 heavy (non-hydrogen) atoms. The highest BCUT2D eigenvalue weighted by atomic mass is 32.2. The first-order valence-electron chi connectivity index (χ1n) is 8.23. The average Bonchev–Trinajstić information content (AvgIpc) is 2.55. The monoisotopic (exact) mass is 351 g/mol. The number of aryl methyl sites for hydroxylation is 1. The summed E-state index contributed by atoms with van der Waals surface area (Å²) in [4.78, 5) is 11.8. The van der Waals surface area contributed by atoms with Gasteiger partial charge in [0, 0.05) is 31.5 Å². The molecule has 1 heterocycles. The Labute approximate surface area is 144 Å². The van der Waals surface area contributed by atoms with Gasteiger partial charge in [-0.05, 0) is 31.4 Å². The fourth-order valence-corrected chi connectivity index (χ4v) is 3.26. The van der Waals surface area contributed by atoms with Crippen molar-refractivity contribution in [3.63, 3.8) is 0 Å². The van der Waals surface area contributed by atoms with Gasteiger partial charge in [0.1, 0.15) is 0 Å². The van der Waals surface area contributed by atoms with E-state index in [9.17, 15) is 13.2 Å². The molecular formula is C17H25N3O3S. The number of nitrogens with one attached hydrogen (secondary N) is 2. The fraction of sp³-hybridized carbons (Fsp3) is 0.471. The van der Waals surface area contributed by atoms with Crippen LogP contribution in [0.3, 0.4) is 0 Å². The first-order chi connectivity index (χ1) is 11.4. The van der Waals surface area contributed by atoms with Gasteiger partial charge < -0.3 is 0 Å². The maximum atomic E-state index is 11.9. The fourth-order valence-electron chi connectivity index (χ4n) is 2.44. The highest BCUT2D eigenvalue weighted by Gasteiger charge is 2.13. The largest absolute Gasteiger partial charge is 0.289 e. The number of carbonyl (C=O) groups excluding carboxylic acids is 1. The van der Waals surface area contributed by atoms with Gasteiger partial charge in [-0.2, -0.15) is 0 Å². The van der Waals surface area contributed by atoms with E-state index in [0.717, 1.165) is 42.5 Å². The number of amides is 1. The van der Waals surface area contributed by atoms with Crippen LogP contribution in [0, 0.1) is 6.92 Å². The van der Waals surface area contributed by atoms with Crippen LogP contribution < -0.4 is 10.1 Å². The second kappa shape index (κ2) is 8.96. The van der Waals surface area contributed by atoms with Gasteiger partial charge in [0.15, 0.2) is 0 Å². The van der Waals surface area contributed by atoms with Crippen LogP contribution >= 0.6 is 0 Å². The Bertz CT molecular complexity index is 663. The number of hydrogen-bond donors (Lipinski definition) is 2. The van der Waals surface area contributed by atoms with Crippen LogP contribution in [0.2, 0.25) is 0 Å². The van der Waals surface area contributed by atoms with Gasteiger partial charge in [-0.15, -0.1) is 0 Å². The minimum Gasteiger partial charge on any atom is -0.289 e. The van der Waals surface area contributed by atoms with Crippen LogP contribution in [0.5, 0.6) is 0 Å². The topological polar surface area (TPSA) is 78.5 Å². The van der Waals surface area contributed by atoms with Crippen LogP contribution in [-0.4, -0.2) is 39.0 Å². The molecule has 2 rings (SSSR count). The third-order valence-electron chi connectivity index (χ3n) is 3.81. The average molecular weight is 351 g/mol. The summed E-state index contributed by atoms with van der Waals surface area (Å²) < 4.78 is 26.2. The summed E-state index contributed by atoms with van der Waals surface area (Å²) in [6.45, 7) is 3.77. The van der Waals surface area contributed by atoms with Gasteiger partial charge >= 0.3 is 0 Å². The zero-order valence-corrected chi connectivity index (χ0v) is 14.8. The van der Waals surface area contributed by atoms with E-state index in [4.69, 9.17) is 0 Å². The molecule has 132 valence electrons. The number of nitrogens with zero attached hydrogens (tertiary/aromatic N) is 1. The van der Waals surface area contributed by atoms with Crippen molar-refractivity contribution < 1.29 is 13.2 Å². The van der Waals surface area contributed by atoms with Crippen molar-refractivity contribution in [3.05, 3.63) is 40.8 Å². The first-order valence-corrected chi connectivity index (χ1v) is 9.78. The molecule has 0 aliphatic carbocycles. The van der Waals surface area contributed by atoms with E-state index < -0.39 is 10.0 Å². The van der Waals surface area contributed by atoms with Crippen LogP contribution in [0.15, 0.2) is 29.7 Å². The highest BCUT2D eigenvalue weighted by molar-refractivity contribution is 7.92. The SMILES string of the molecule is Cc1ccc(/C=C/S(=O)(=O)NCCC(=O)NN2CCCCC2)cc1. The summed E-state index contributed by atoms with van der Waals surface area (Å²) >= 11 is 0. The Morgan fingerprint density at radius 1 is 1.17 bits per heavy atom. The number of piperidine rings is 1. The maximum absolute atomic E-state index is 11.9. The molecule has 2 N–H and O–H groups in total. The third kappa shape index (κ3) is 6.82. The molecule has 1 aromatic carbocycles. The van der Waals surface area contributed by atoms with Crippen molar-refractivity contribution >= 4 is 22.0 Å². The van der Waals surface area contributed by atoms with Gasteiger partial charge in [0.05, 0.1) is 0 Å². The summed E-state index contributed by atoms with van der Waals surface area (Å²) in [6.07, 6.45) is 5.01. The van der Waals surface area contributed by atoms with Crippen molar-refractivity contribution in [1.82, 2.24) is 15.2 Å². The lowest BCUT2D eigenvalue weighted by Crippen LogP contribution is -2.45. The zero-order valence-electron chi connectivity index (χ0n) is 14.0. The molecule has 0 saturated carbocycles. The van der Waals surface area contributed by atoms with E-state index in [-0.39, 0.29) is 18.9 Å². The molecule has 0 radical (unpaired) electrons. The van der Waals surface area contributed by atoms with E-state index in [2.05, 4.69) is 10.1 Å². The van der Waals surface area contributed by atoms with Crippen molar-refractivity contribution in [1.29, 1.82) is 0 Å². The quantitative estimate of drug-likeness (QED) is 0.785. The number of hydrogen-bond acceptors (Lipinski definition) is 4. The smallest absolute Gasteiger partial charge is 0.235 e. The lowest BCUT2D eigenvalue weighted by molar-refractivity contribution is -0.126. The molecule has 1 aromatic rings. The Morgan fingerprint density at radius 3 is 2.50 bits per heavy atom. The van der Waals surface area contributed by atoms with E-state index in [1.165, 1.54) is 12.5 Å². The van der Waals surface area contributed by atoms with Gasteiger partial charge in [-0.25, -0.2) is 18.1 Å². The second-order valence-corrected chi connectivity index (χ2v) is 7.64. The number of sulfonamides is 1. The minimum absolute atomic E-state index is 0.0836. The molecule has 1 amide bonds. The predicted molar refractivity (Wildman–Crippen MR) is 95.3 cm³/mol. The molecule has 0 unspecified atom stereocenters. The van der Waals surface area contributed by atoms with E-state index >= 15 is 0 Å². The van der Waals surface area contributed by atoms with Crippen LogP contribution in [0.4, 0.5) is 0 Å². The van der Waals surface area contributed by atoms with Crippen molar-refractivity contribution in [2.24, 2.45) is 0 Å². The van der Waals surface area contributed by atoms with Gasteiger partial charge in [0.25, 0.3) is 0 Å². The third-order valence-corrected chi connectivity index (χ3v) is 4.91. The molecule has 0 bridgehead atoms. The highest BCUT2D eigenvalue weighted by Crippen LogP contribution is 2.07. The summed E-state index contributed by atoms with van der Waals surface area (Å²) in [6, 6.07) is 7.55. The Morgan fingerprint density at radius 2 is 1.83 bits per heavy atom. The first kappa shape index (κ1) is 18.6. The summed E-state index contributed by atoms with van der Waals surface area (Å²) in [7, 11) is -3.54. The summed E-state index contributed by atoms with van der Waals surface area (Å²) in [5, 5.41) is 3.03. The molecule has 6 nitrogen and oxygen atoms in total. The molecule has 1 saturated heterocycles. The van der Waals surface area contributed by atoms with E-state index in [1.807, 2.05) is 36.2 Å². The van der Waals surface area contributed by atoms with Crippen molar-refractivity contribution in [3.8, 4) is 0 Å². The summed E-state index contributed by atoms with van der Waals surface area (Å²) in [5.41, 5.74) is 4.74. The van der Waals surface area contributed by atoms with Crippen LogP contribution in [-0.2, 0) is 14.8 Å². The maximum Gasteiger partial charge on any atom is 0.235 e. The number of benzene rings is 1. The summed E-state index contributed by atoms with van der Waals surface area (Å²) in [5.74, 6) is -0.165. The Hall–Kier alpha value is -1.70. The number of rotatable bonds is 7. The second-order valence-electron chi connectivity index (χ2n) is 5.99. The molecule has 0 aromatic heterocycles. The minimum atomic E-state index is -3.54. The molecule has 1 fully saturated rings. The molecule has 1 aliphatic heterocycles. The molecule has 0 spiro atoms. The predicted octanol–water partition coefficient (Wildman–Crippen LogP) is 1.79. The van der Waals surface area contributed by atoms with Gasteiger partial charge in [-0.1, -0.05) is 36.2 Å². The molecule has 1 aliphatic rings. The zero-order chi connectivity index (χ0) is 17.4. The van der Waals surface area contributed by atoms with E-state index in [1.54, 1.807) is 0 Å². The van der Waals surface area contributed by atoms with Crippen LogP contribution in [0.1, 0.15) is 36.8 Å². The molecular weight excluding hydrogens is 326 g/mol. The Balaban J connectivity index is 1.73. The van der Waals surface area contributed by atoms with Gasteiger partial charge in [-0.3, -0.25) is 10.2 Å². The van der Waals surface area contributed by atoms with Crippen molar-refractivity contribution in [2.75, 3.05) is 19.6 Å². The van der Waals surface area contributed by atoms with Crippen LogP contribution in [0.25, 0.3) is 6.08 Å².